The lowest BCUT2D eigenvalue weighted by Gasteiger charge is -2.30. The number of hydrogen-bond acceptors (Lipinski definition) is 5. The van der Waals surface area contributed by atoms with Crippen molar-refractivity contribution in [1.82, 2.24) is 15.5 Å². The van der Waals surface area contributed by atoms with Crippen LogP contribution in [0.15, 0.2) is 60.7 Å². The number of carbonyl (C=O) groups is 4. The molecule has 36 heavy (non-hydrogen) atoms. The molecule has 2 unspecified atom stereocenters. The van der Waals surface area contributed by atoms with Gasteiger partial charge in [0.2, 0.25) is 5.91 Å². The van der Waals surface area contributed by atoms with Gasteiger partial charge >= 0.3 is 11.8 Å². The van der Waals surface area contributed by atoms with Gasteiger partial charge in [-0.25, -0.2) is 0 Å². The minimum Gasteiger partial charge on any atom is -0.349 e. The van der Waals surface area contributed by atoms with Gasteiger partial charge in [-0.05, 0) is 56.4 Å². The summed E-state index contributed by atoms with van der Waals surface area (Å²) in [6.07, 6.45) is 2.81. The van der Waals surface area contributed by atoms with Crippen LogP contribution in [0.5, 0.6) is 0 Å². The molecule has 2 aliphatic rings. The van der Waals surface area contributed by atoms with Crippen LogP contribution in [0, 0.1) is 17.2 Å². The monoisotopic (exact) mass is 487 g/mol. The predicted molar refractivity (Wildman–Crippen MR) is 132 cm³/mol. The molecule has 1 heterocycles. The molecule has 1 aliphatic carbocycles. The molecule has 9 heteroatoms. The molecule has 2 fully saturated rings. The lowest BCUT2D eigenvalue weighted by molar-refractivity contribution is -0.146. The van der Waals surface area contributed by atoms with Crippen molar-refractivity contribution in [1.29, 1.82) is 5.26 Å². The molecule has 1 aliphatic heterocycles. The summed E-state index contributed by atoms with van der Waals surface area (Å²) in [5.74, 6) is -2.55. The van der Waals surface area contributed by atoms with Crippen LogP contribution in [0.25, 0.3) is 0 Å². The molecule has 186 valence electrons. The number of nitrogens with zero attached hydrogens (tertiary/aromatic N) is 2. The maximum atomic E-state index is 12.9. The Hall–Kier alpha value is -4.19. The van der Waals surface area contributed by atoms with E-state index in [1.165, 1.54) is 4.90 Å². The molecule has 2 aromatic carbocycles. The van der Waals surface area contributed by atoms with Crippen LogP contribution in [0.2, 0.25) is 0 Å². The fourth-order valence-electron chi connectivity index (χ4n) is 4.76. The van der Waals surface area contributed by atoms with Gasteiger partial charge in [-0.3, -0.25) is 19.2 Å². The number of para-hydroxylation sites is 1. The second-order valence-corrected chi connectivity index (χ2v) is 9.25. The molecule has 0 spiro atoms. The highest BCUT2D eigenvalue weighted by Gasteiger charge is 2.41. The smallest absolute Gasteiger partial charge is 0.312 e. The van der Waals surface area contributed by atoms with Gasteiger partial charge in [0.15, 0.2) is 0 Å². The maximum Gasteiger partial charge on any atom is 0.312 e. The van der Waals surface area contributed by atoms with Crippen molar-refractivity contribution in [2.75, 3.05) is 11.9 Å². The Morgan fingerprint density at radius 1 is 0.833 bits per heavy atom. The SMILES string of the molecule is N#CC1CC(C(=O)Nc2ccccc2)CN1C(=O)C(=O)NC1CCC(NC(=O)c2ccccc2)CC1. The lowest BCUT2D eigenvalue weighted by Crippen LogP contribution is -2.50. The molecule has 3 N–H and O–H groups in total. The summed E-state index contributed by atoms with van der Waals surface area (Å²) in [6.45, 7) is 0.0153. The van der Waals surface area contributed by atoms with Crippen LogP contribution >= 0.6 is 0 Å². The quantitative estimate of drug-likeness (QED) is 0.557. The van der Waals surface area contributed by atoms with E-state index in [-0.39, 0.29) is 36.9 Å². The van der Waals surface area contributed by atoms with Crippen LogP contribution < -0.4 is 16.0 Å². The summed E-state index contributed by atoms with van der Waals surface area (Å²) < 4.78 is 0. The lowest BCUT2D eigenvalue weighted by atomic mass is 9.91. The predicted octanol–water partition coefficient (Wildman–Crippen LogP) is 2.22. The molecule has 4 amide bonds. The molecule has 0 aromatic heterocycles. The zero-order chi connectivity index (χ0) is 25.5. The molecule has 1 saturated heterocycles. The summed E-state index contributed by atoms with van der Waals surface area (Å²) in [4.78, 5) is 51.7. The number of anilines is 1. The summed E-state index contributed by atoms with van der Waals surface area (Å²) in [6, 6.07) is 19.0. The summed E-state index contributed by atoms with van der Waals surface area (Å²) >= 11 is 0. The molecule has 4 rings (SSSR count). The second-order valence-electron chi connectivity index (χ2n) is 9.25. The minimum atomic E-state index is -0.835. The number of amides is 4. The Morgan fingerprint density at radius 2 is 1.42 bits per heavy atom. The van der Waals surface area contributed by atoms with Gasteiger partial charge in [0.05, 0.1) is 12.0 Å². The Morgan fingerprint density at radius 3 is 2.03 bits per heavy atom. The number of likely N-dealkylation sites (tertiary alicyclic amines) is 1. The van der Waals surface area contributed by atoms with Gasteiger partial charge in [-0.1, -0.05) is 36.4 Å². The van der Waals surface area contributed by atoms with E-state index in [0.29, 0.717) is 36.9 Å². The van der Waals surface area contributed by atoms with Crippen molar-refractivity contribution >= 4 is 29.3 Å². The van der Waals surface area contributed by atoms with E-state index in [1.54, 1.807) is 36.4 Å². The average molecular weight is 488 g/mol. The Bertz CT molecular complexity index is 1140. The first-order chi connectivity index (χ1) is 17.4. The van der Waals surface area contributed by atoms with Crippen molar-refractivity contribution in [2.24, 2.45) is 5.92 Å². The number of hydrogen-bond donors (Lipinski definition) is 3. The Kier molecular flexibility index (Phi) is 7.95. The van der Waals surface area contributed by atoms with E-state index in [4.69, 9.17) is 0 Å². The zero-order valence-electron chi connectivity index (χ0n) is 19.9. The van der Waals surface area contributed by atoms with E-state index in [1.807, 2.05) is 30.3 Å². The number of rotatable bonds is 5. The number of nitriles is 1. The third-order valence-electron chi connectivity index (χ3n) is 6.75. The minimum absolute atomic E-state index is 0.00648. The molecule has 0 bridgehead atoms. The van der Waals surface area contributed by atoms with E-state index < -0.39 is 23.8 Å². The van der Waals surface area contributed by atoms with Gasteiger partial charge in [0.25, 0.3) is 5.91 Å². The first kappa shape index (κ1) is 24.9. The molecule has 0 radical (unpaired) electrons. The van der Waals surface area contributed by atoms with E-state index in [9.17, 15) is 24.4 Å². The van der Waals surface area contributed by atoms with Crippen molar-refractivity contribution in [3.8, 4) is 6.07 Å². The average Bonchev–Trinajstić information content (AvgIpc) is 3.35. The van der Waals surface area contributed by atoms with Crippen LogP contribution in [0.4, 0.5) is 5.69 Å². The van der Waals surface area contributed by atoms with Gasteiger partial charge in [0, 0.05) is 29.9 Å². The molecule has 2 atom stereocenters. The molecule has 1 saturated carbocycles. The third kappa shape index (κ3) is 6.08. The van der Waals surface area contributed by atoms with Gasteiger partial charge < -0.3 is 20.9 Å². The van der Waals surface area contributed by atoms with Crippen LogP contribution in [0.3, 0.4) is 0 Å². The van der Waals surface area contributed by atoms with Gasteiger partial charge in [0.1, 0.15) is 6.04 Å². The molecular formula is C27H29N5O4. The van der Waals surface area contributed by atoms with Gasteiger partial charge in [-0.15, -0.1) is 0 Å². The summed E-state index contributed by atoms with van der Waals surface area (Å²) in [5, 5.41) is 18.1. The van der Waals surface area contributed by atoms with Crippen molar-refractivity contribution in [2.45, 2.75) is 50.2 Å². The van der Waals surface area contributed by atoms with Gasteiger partial charge in [-0.2, -0.15) is 5.26 Å². The highest BCUT2D eigenvalue weighted by molar-refractivity contribution is 6.35. The van der Waals surface area contributed by atoms with Crippen LogP contribution in [0.1, 0.15) is 42.5 Å². The molecule has 9 nitrogen and oxygen atoms in total. The normalized spacial score (nSPS) is 23.2. The van der Waals surface area contributed by atoms with E-state index >= 15 is 0 Å². The number of carbonyl (C=O) groups excluding carboxylic acids is 4. The third-order valence-corrected chi connectivity index (χ3v) is 6.75. The first-order valence-electron chi connectivity index (χ1n) is 12.2. The largest absolute Gasteiger partial charge is 0.349 e. The van der Waals surface area contributed by atoms with Crippen molar-refractivity contribution in [3.05, 3.63) is 66.2 Å². The second kappa shape index (κ2) is 11.5. The highest BCUT2D eigenvalue weighted by atomic mass is 16.2. The van der Waals surface area contributed by atoms with Crippen LogP contribution in [-0.2, 0) is 14.4 Å². The first-order valence-corrected chi connectivity index (χ1v) is 12.2. The molecule has 2 aromatic rings. The van der Waals surface area contributed by atoms with Crippen molar-refractivity contribution < 1.29 is 19.2 Å². The number of benzene rings is 2. The van der Waals surface area contributed by atoms with E-state index in [2.05, 4.69) is 16.0 Å². The Labute approximate surface area is 209 Å². The highest BCUT2D eigenvalue weighted by Crippen LogP contribution is 2.25. The standard InChI is InChI=1S/C27H29N5O4/c28-16-23-15-19(25(34)29-20-9-5-2-6-10-20)17-32(23)27(36)26(35)31-22-13-11-21(12-14-22)30-24(33)18-7-3-1-4-8-18/h1-10,19,21-23H,11-15,17H2,(H,29,34)(H,30,33)(H,31,35). The zero-order valence-corrected chi connectivity index (χ0v) is 19.9. The van der Waals surface area contributed by atoms with Crippen LogP contribution in [-0.4, -0.2) is 53.2 Å². The number of nitrogens with one attached hydrogen (secondary N) is 3. The summed E-state index contributed by atoms with van der Waals surface area (Å²) in [5.41, 5.74) is 1.24. The van der Waals surface area contributed by atoms with E-state index in [0.717, 1.165) is 0 Å². The molecular weight excluding hydrogens is 458 g/mol. The fraction of sp³-hybridized carbons (Fsp3) is 0.370. The fourth-order valence-corrected chi connectivity index (χ4v) is 4.76. The maximum absolute atomic E-state index is 12.9. The van der Waals surface area contributed by atoms with Crippen molar-refractivity contribution in [3.63, 3.8) is 0 Å². The topological polar surface area (TPSA) is 131 Å². The summed E-state index contributed by atoms with van der Waals surface area (Å²) in [7, 11) is 0. The Balaban J connectivity index is 1.25.